The predicted molar refractivity (Wildman–Crippen MR) is 58.4 cm³/mol. The van der Waals surface area contributed by atoms with Gasteiger partial charge in [0.05, 0.1) is 5.54 Å². The Hall–Kier alpha value is 0.140. The average molecular weight is 248 g/mol. The number of halogens is 1. The van der Waals surface area contributed by atoms with Gasteiger partial charge in [0, 0.05) is 9.35 Å². The highest BCUT2D eigenvalue weighted by Gasteiger charge is 2.28. The second kappa shape index (κ2) is 3.48. The van der Waals surface area contributed by atoms with Crippen LogP contribution in [0.3, 0.4) is 0 Å². The fraction of sp³-hybridized carbons (Fsp3) is 0.556. The highest BCUT2D eigenvalue weighted by molar-refractivity contribution is 9.10. The Balaban J connectivity index is 3.05. The van der Waals surface area contributed by atoms with Crippen LogP contribution in [0.5, 0.6) is 0 Å². The third-order valence-corrected chi connectivity index (χ3v) is 4.40. The second-order valence-electron chi connectivity index (χ2n) is 3.54. The largest absolute Gasteiger partial charge is 0.321 e. The molecule has 0 aliphatic rings. The van der Waals surface area contributed by atoms with Crippen molar-refractivity contribution in [1.82, 2.24) is 0 Å². The minimum Gasteiger partial charge on any atom is -0.321 e. The van der Waals surface area contributed by atoms with Gasteiger partial charge in [-0.3, -0.25) is 0 Å². The van der Waals surface area contributed by atoms with E-state index in [0.29, 0.717) is 5.92 Å². The molecular weight excluding hydrogens is 234 g/mol. The Bertz CT molecular complexity index is 265. The first-order chi connectivity index (χ1) is 5.46. The number of rotatable bonds is 2. The van der Waals surface area contributed by atoms with Crippen molar-refractivity contribution in [3.8, 4) is 0 Å². The summed E-state index contributed by atoms with van der Waals surface area (Å²) in [5.74, 6) is 0.451. The van der Waals surface area contributed by atoms with E-state index in [4.69, 9.17) is 5.73 Å². The molecule has 0 amide bonds. The topological polar surface area (TPSA) is 26.0 Å². The Morgan fingerprint density at radius 1 is 1.58 bits per heavy atom. The van der Waals surface area contributed by atoms with Gasteiger partial charge in [-0.1, -0.05) is 13.8 Å². The minimum atomic E-state index is -0.215. The smallest absolute Gasteiger partial charge is 0.0509 e. The van der Waals surface area contributed by atoms with Gasteiger partial charge in [-0.15, -0.1) is 11.3 Å². The summed E-state index contributed by atoms with van der Waals surface area (Å²) < 4.78 is 1.13. The summed E-state index contributed by atoms with van der Waals surface area (Å²) in [6.07, 6.45) is 0. The van der Waals surface area contributed by atoms with Crippen LogP contribution in [0.15, 0.2) is 15.9 Å². The van der Waals surface area contributed by atoms with Crippen molar-refractivity contribution in [2.24, 2.45) is 11.7 Å². The summed E-state index contributed by atoms with van der Waals surface area (Å²) in [7, 11) is 0. The molecule has 0 spiro atoms. The molecule has 0 aliphatic carbocycles. The van der Waals surface area contributed by atoms with Crippen LogP contribution < -0.4 is 5.73 Å². The zero-order chi connectivity index (χ0) is 9.35. The number of thiophene rings is 1. The molecule has 3 heteroatoms. The summed E-state index contributed by atoms with van der Waals surface area (Å²) in [6.45, 7) is 6.37. The normalized spacial score (nSPS) is 16.5. The van der Waals surface area contributed by atoms with Crippen LogP contribution in [0.1, 0.15) is 25.6 Å². The van der Waals surface area contributed by atoms with E-state index in [0.717, 1.165) is 4.47 Å². The molecule has 0 radical (unpaired) electrons. The van der Waals surface area contributed by atoms with Crippen LogP contribution in [0.2, 0.25) is 0 Å². The van der Waals surface area contributed by atoms with Gasteiger partial charge < -0.3 is 5.73 Å². The van der Waals surface area contributed by atoms with Crippen LogP contribution in [0.4, 0.5) is 0 Å². The average Bonchev–Trinajstić information content (AvgIpc) is 2.35. The molecule has 0 saturated heterocycles. The summed E-state index contributed by atoms with van der Waals surface area (Å²) in [5.41, 5.74) is 5.99. The van der Waals surface area contributed by atoms with Crippen molar-refractivity contribution in [3.05, 3.63) is 20.8 Å². The van der Waals surface area contributed by atoms with Crippen LogP contribution in [0.25, 0.3) is 0 Å². The number of nitrogens with two attached hydrogens (primary N) is 1. The Labute approximate surface area is 86.1 Å². The molecule has 0 bridgehead atoms. The maximum Gasteiger partial charge on any atom is 0.0509 e. The summed E-state index contributed by atoms with van der Waals surface area (Å²) in [5, 5.41) is 2.06. The molecule has 0 fully saturated rings. The van der Waals surface area contributed by atoms with Crippen LogP contribution in [-0.4, -0.2) is 0 Å². The molecule has 0 unspecified atom stereocenters. The SMILES string of the molecule is CC(C)[C@@](C)(N)c1sccc1Br. The molecule has 1 nitrogen and oxygen atoms in total. The molecular formula is C9H14BrNS. The molecule has 12 heavy (non-hydrogen) atoms. The lowest BCUT2D eigenvalue weighted by atomic mass is 9.88. The van der Waals surface area contributed by atoms with Gasteiger partial charge >= 0.3 is 0 Å². The fourth-order valence-corrected chi connectivity index (χ4v) is 2.97. The fourth-order valence-electron chi connectivity index (χ4n) is 0.940. The Kier molecular flexibility index (Phi) is 2.97. The van der Waals surface area contributed by atoms with Crippen molar-refractivity contribution in [3.63, 3.8) is 0 Å². The standard InChI is InChI=1S/C9H14BrNS/c1-6(2)9(3,11)8-7(10)4-5-12-8/h4-6H,11H2,1-3H3/t9-/m1/s1. The molecule has 1 heterocycles. The summed E-state index contributed by atoms with van der Waals surface area (Å²) in [6, 6.07) is 2.05. The summed E-state index contributed by atoms with van der Waals surface area (Å²) >= 11 is 5.21. The maximum absolute atomic E-state index is 6.21. The molecule has 1 aromatic heterocycles. The van der Waals surface area contributed by atoms with E-state index in [9.17, 15) is 0 Å². The van der Waals surface area contributed by atoms with E-state index in [-0.39, 0.29) is 5.54 Å². The lowest BCUT2D eigenvalue weighted by Gasteiger charge is -2.28. The monoisotopic (exact) mass is 247 g/mol. The molecule has 68 valence electrons. The molecule has 2 N–H and O–H groups in total. The molecule has 1 aromatic rings. The molecule has 1 rings (SSSR count). The molecule has 0 aromatic carbocycles. The van der Waals surface area contributed by atoms with Gasteiger partial charge in [0.25, 0.3) is 0 Å². The van der Waals surface area contributed by atoms with E-state index in [1.165, 1.54) is 4.88 Å². The van der Waals surface area contributed by atoms with E-state index in [1.54, 1.807) is 11.3 Å². The van der Waals surface area contributed by atoms with Crippen LogP contribution in [-0.2, 0) is 5.54 Å². The third kappa shape index (κ3) is 1.73. The first kappa shape index (κ1) is 10.2. The highest BCUT2D eigenvalue weighted by atomic mass is 79.9. The van der Waals surface area contributed by atoms with Crippen LogP contribution >= 0.6 is 27.3 Å². The van der Waals surface area contributed by atoms with Crippen molar-refractivity contribution in [1.29, 1.82) is 0 Å². The van der Waals surface area contributed by atoms with Crippen LogP contribution in [0, 0.1) is 5.92 Å². The quantitative estimate of drug-likeness (QED) is 0.853. The number of hydrogen-bond donors (Lipinski definition) is 1. The van der Waals surface area contributed by atoms with E-state index in [2.05, 4.69) is 42.1 Å². The molecule has 0 aliphatic heterocycles. The van der Waals surface area contributed by atoms with Crippen molar-refractivity contribution >= 4 is 27.3 Å². The zero-order valence-electron chi connectivity index (χ0n) is 7.60. The number of hydrogen-bond acceptors (Lipinski definition) is 2. The van der Waals surface area contributed by atoms with Gasteiger partial charge in [0.2, 0.25) is 0 Å². The summed E-state index contributed by atoms with van der Waals surface area (Å²) in [4.78, 5) is 1.23. The highest BCUT2D eigenvalue weighted by Crippen LogP contribution is 2.35. The van der Waals surface area contributed by atoms with E-state index >= 15 is 0 Å². The molecule has 0 saturated carbocycles. The Morgan fingerprint density at radius 2 is 2.17 bits per heavy atom. The van der Waals surface area contributed by atoms with Crippen molar-refractivity contribution < 1.29 is 0 Å². The molecule has 1 atom stereocenters. The van der Waals surface area contributed by atoms with E-state index in [1.807, 2.05) is 6.07 Å². The third-order valence-electron chi connectivity index (χ3n) is 2.31. The van der Waals surface area contributed by atoms with Gasteiger partial charge in [-0.2, -0.15) is 0 Å². The van der Waals surface area contributed by atoms with Gasteiger partial charge in [0.1, 0.15) is 0 Å². The maximum atomic E-state index is 6.21. The van der Waals surface area contributed by atoms with E-state index < -0.39 is 0 Å². The van der Waals surface area contributed by atoms with Crippen molar-refractivity contribution in [2.75, 3.05) is 0 Å². The Morgan fingerprint density at radius 3 is 2.50 bits per heavy atom. The first-order valence-corrected chi connectivity index (χ1v) is 5.66. The van der Waals surface area contributed by atoms with Gasteiger partial charge in [0.15, 0.2) is 0 Å². The zero-order valence-corrected chi connectivity index (χ0v) is 10.00. The lowest BCUT2D eigenvalue weighted by Crippen LogP contribution is -2.37. The first-order valence-electron chi connectivity index (χ1n) is 3.98. The minimum absolute atomic E-state index is 0.215. The second-order valence-corrected chi connectivity index (χ2v) is 5.31. The lowest BCUT2D eigenvalue weighted by molar-refractivity contribution is 0.356. The van der Waals surface area contributed by atoms with Gasteiger partial charge in [-0.05, 0) is 40.2 Å². The van der Waals surface area contributed by atoms with Crippen molar-refractivity contribution in [2.45, 2.75) is 26.3 Å². The predicted octanol–water partition coefficient (Wildman–Crippen LogP) is 3.34. The van der Waals surface area contributed by atoms with Gasteiger partial charge in [-0.25, -0.2) is 0 Å².